The number of urea groups is 1. The number of amides is 2. The Morgan fingerprint density at radius 3 is 2.28 bits per heavy atom. The van der Waals surface area contributed by atoms with Gasteiger partial charge in [-0.2, -0.15) is 0 Å². The molecule has 0 aromatic heterocycles. The number of phenols is 1. The fraction of sp³-hybridized carbons (Fsp3) is 0.400. The van der Waals surface area contributed by atoms with E-state index in [9.17, 15) is 14.7 Å². The molecule has 0 heterocycles. The van der Waals surface area contributed by atoms with Crippen molar-refractivity contribution in [3.05, 3.63) is 71.8 Å². The van der Waals surface area contributed by atoms with Crippen LogP contribution in [-0.2, 0) is 21.4 Å². The lowest BCUT2D eigenvalue weighted by Crippen LogP contribution is -2.36. The second-order valence-electron chi connectivity index (χ2n) is 11.4. The van der Waals surface area contributed by atoms with Crippen molar-refractivity contribution in [3.63, 3.8) is 0 Å². The Labute approximate surface area is 214 Å². The fourth-order valence-electron chi connectivity index (χ4n) is 3.85. The number of carbonyl (C=O) groups excluding carboxylic acids is 2. The lowest BCUT2D eigenvalue weighted by atomic mass is 9.86. The van der Waals surface area contributed by atoms with Crippen LogP contribution in [0.5, 0.6) is 5.75 Å². The van der Waals surface area contributed by atoms with Crippen LogP contribution in [0.15, 0.2) is 60.7 Å². The molecule has 3 aromatic carbocycles. The summed E-state index contributed by atoms with van der Waals surface area (Å²) in [6.07, 6.45) is 0.657. The fourth-order valence-corrected chi connectivity index (χ4v) is 3.85. The van der Waals surface area contributed by atoms with Crippen molar-refractivity contribution in [2.75, 3.05) is 18.5 Å². The first-order chi connectivity index (χ1) is 16.8. The Morgan fingerprint density at radius 2 is 1.64 bits per heavy atom. The number of hydrogen-bond donors (Lipinski definition) is 3. The number of hydrogen-bond acceptors (Lipinski definition) is 4. The van der Waals surface area contributed by atoms with Gasteiger partial charge >= 0.3 is 12.0 Å². The predicted octanol–water partition coefficient (Wildman–Crippen LogP) is 6.41. The van der Waals surface area contributed by atoms with Crippen molar-refractivity contribution in [2.45, 2.75) is 53.4 Å². The number of anilines is 1. The van der Waals surface area contributed by atoms with Crippen molar-refractivity contribution in [3.8, 4) is 5.75 Å². The average Bonchev–Trinajstić information content (AvgIpc) is 2.80. The molecule has 3 aromatic rings. The van der Waals surface area contributed by atoms with Crippen LogP contribution in [-0.4, -0.2) is 30.3 Å². The molecule has 0 fully saturated rings. The Morgan fingerprint density at radius 1 is 0.944 bits per heavy atom. The van der Waals surface area contributed by atoms with Crippen molar-refractivity contribution in [1.82, 2.24) is 5.32 Å². The van der Waals surface area contributed by atoms with Crippen molar-refractivity contribution < 1.29 is 19.4 Å². The smallest absolute Gasteiger partial charge is 0.319 e. The molecule has 192 valence electrons. The first kappa shape index (κ1) is 27.1. The van der Waals surface area contributed by atoms with E-state index in [4.69, 9.17) is 4.74 Å². The lowest BCUT2D eigenvalue weighted by molar-refractivity contribution is -0.154. The van der Waals surface area contributed by atoms with Gasteiger partial charge in [-0.25, -0.2) is 4.79 Å². The maximum atomic E-state index is 12.8. The molecular weight excluding hydrogens is 452 g/mol. The highest BCUT2D eigenvalue weighted by molar-refractivity contribution is 6.02. The predicted molar refractivity (Wildman–Crippen MR) is 145 cm³/mol. The van der Waals surface area contributed by atoms with Crippen LogP contribution in [0, 0.1) is 11.3 Å². The Hall–Kier alpha value is -3.54. The number of aromatic hydroxyl groups is 1. The highest BCUT2D eigenvalue weighted by Crippen LogP contribution is 2.27. The molecule has 0 spiro atoms. The minimum absolute atomic E-state index is 0.0677. The van der Waals surface area contributed by atoms with Crippen LogP contribution in [0.4, 0.5) is 10.5 Å². The van der Waals surface area contributed by atoms with Gasteiger partial charge in [0.2, 0.25) is 0 Å². The summed E-state index contributed by atoms with van der Waals surface area (Å²) in [5.74, 6) is -0.231. The second kappa shape index (κ2) is 11.0. The summed E-state index contributed by atoms with van der Waals surface area (Å²) in [6, 6.07) is 18.7. The summed E-state index contributed by atoms with van der Waals surface area (Å²) in [5.41, 5.74) is 2.45. The second-order valence-corrected chi connectivity index (χ2v) is 11.4. The summed E-state index contributed by atoms with van der Waals surface area (Å²) in [4.78, 5) is 25.1. The third-order valence-electron chi connectivity index (χ3n) is 6.07. The van der Waals surface area contributed by atoms with Crippen LogP contribution in [0.25, 0.3) is 10.8 Å². The molecule has 0 aliphatic carbocycles. The zero-order valence-corrected chi connectivity index (χ0v) is 22.1. The monoisotopic (exact) mass is 490 g/mol. The molecule has 3 rings (SSSR count). The molecule has 36 heavy (non-hydrogen) atoms. The summed E-state index contributed by atoms with van der Waals surface area (Å²) < 4.78 is 5.60. The summed E-state index contributed by atoms with van der Waals surface area (Å²) in [7, 11) is 0. The zero-order chi connectivity index (χ0) is 26.5. The van der Waals surface area contributed by atoms with Crippen LogP contribution in [0.1, 0.15) is 52.7 Å². The number of phenolic OH excluding ortho intramolecular Hbond substituents is 1. The minimum Gasteiger partial charge on any atom is -0.508 e. The van der Waals surface area contributed by atoms with Gasteiger partial charge in [-0.05, 0) is 67.3 Å². The van der Waals surface area contributed by atoms with E-state index in [1.807, 2.05) is 32.9 Å². The number of fused-ring (bicyclic) bond motifs is 1. The van der Waals surface area contributed by atoms with Gasteiger partial charge in [0.05, 0.1) is 17.7 Å². The van der Waals surface area contributed by atoms with E-state index in [0.29, 0.717) is 18.7 Å². The van der Waals surface area contributed by atoms with Gasteiger partial charge in [0.15, 0.2) is 0 Å². The number of benzene rings is 3. The van der Waals surface area contributed by atoms with Crippen LogP contribution < -0.4 is 10.6 Å². The quantitative estimate of drug-likeness (QED) is 0.334. The van der Waals surface area contributed by atoms with Crippen molar-refractivity contribution in [1.29, 1.82) is 0 Å². The van der Waals surface area contributed by atoms with E-state index in [0.717, 1.165) is 16.3 Å². The maximum absolute atomic E-state index is 12.8. The summed E-state index contributed by atoms with van der Waals surface area (Å²) in [6.45, 7) is 12.5. The van der Waals surface area contributed by atoms with E-state index < -0.39 is 5.41 Å². The third-order valence-corrected chi connectivity index (χ3v) is 6.07. The van der Waals surface area contributed by atoms with Gasteiger partial charge in [0, 0.05) is 17.8 Å². The molecule has 0 aliphatic heterocycles. The van der Waals surface area contributed by atoms with E-state index in [-0.39, 0.29) is 35.7 Å². The molecule has 6 nitrogen and oxygen atoms in total. The zero-order valence-electron chi connectivity index (χ0n) is 22.1. The normalized spacial score (nSPS) is 12.7. The van der Waals surface area contributed by atoms with Gasteiger partial charge in [-0.15, -0.1) is 0 Å². The molecule has 0 saturated carbocycles. The van der Waals surface area contributed by atoms with Crippen LogP contribution in [0.3, 0.4) is 0 Å². The molecule has 3 N–H and O–H groups in total. The number of ether oxygens (including phenoxy) is 1. The number of carbonyl (C=O) groups is 2. The van der Waals surface area contributed by atoms with Gasteiger partial charge in [0.25, 0.3) is 0 Å². The van der Waals surface area contributed by atoms with Crippen LogP contribution >= 0.6 is 0 Å². The van der Waals surface area contributed by atoms with E-state index in [1.54, 1.807) is 24.3 Å². The lowest BCUT2D eigenvalue weighted by Gasteiger charge is -2.23. The number of nitrogens with one attached hydrogen (secondary N) is 2. The number of esters is 1. The molecule has 1 unspecified atom stereocenters. The molecule has 0 radical (unpaired) electrons. The Kier molecular flexibility index (Phi) is 8.28. The van der Waals surface area contributed by atoms with Gasteiger partial charge < -0.3 is 20.5 Å². The van der Waals surface area contributed by atoms with Gasteiger partial charge in [-0.3, -0.25) is 4.79 Å². The molecular formula is C30H38N2O4. The van der Waals surface area contributed by atoms with E-state index in [2.05, 4.69) is 55.7 Å². The Balaban J connectivity index is 1.69. The number of rotatable bonds is 7. The molecule has 6 heteroatoms. The summed E-state index contributed by atoms with van der Waals surface area (Å²) >= 11 is 0. The summed E-state index contributed by atoms with van der Waals surface area (Å²) in [5, 5.41) is 17.3. The van der Waals surface area contributed by atoms with E-state index >= 15 is 0 Å². The van der Waals surface area contributed by atoms with Crippen molar-refractivity contribution in [2.24, 2.45) is 11.3 Å². The Bertz CT molecular complexity index is 1200. The highest BCUT2D eigenvalue weighted by atomic mass is 16.5. The molecule has 0 saturated heterocycles. The SMILES string of the molecule is CC(C)(C)C(=O)OCC(CNC(=O)Nc1cccc2ccc(O)cc12)Cc1ccc(C(C)(C)C)cc1. The maximum Gasteiger partial charge on any atom is 0.319 e. The van der Waals surface area contributed by atoms with Crippen molar-refractivity contribution >= 4 is 28.5 Å². The van der Waals surface area contributed by atoms with Gasteiger partial charge in [0.1, 0.15) is 5.75 Å². The molecule has 1 atom stereocenters. The average molecular weight is 491 g/mol. The molecule has 0 aliphatic rings. The minimum atomic E-state index is -0.594. The third kappa shape index (κ3) is 7.48. The van der Waals surface area contributed by atoms with Gasteiger partial charge in [-0.1, -0.05) is 63.2 Å². The molecule has 2 amide bonds. The first-order valence-corrected chi connectivity index (χ1v) is 12.4. The topological polar surface area (TPSA) is 87.7 Å². The molecule has 0 bridgehead atoms. The highest BCUT2D eigenvalue weighted by Gasteiger charge is 2.25. The standard InChI is InChI=1S/C30H38N2O4/c1-29(2,3)23-13-10-20(11-14-23)16-21(19-36-27(34)30(4,5)6)18-31-28(35)32-26-9-7-8-22-12-15-24(33)17-25(22)26/h7-15,17,21,33H,16,18-19H2,1-6H3,(H2,31,32,35). The van der Waals surface area contributed by atoms with Crippen LogP contribution in [0.2, 0.25) is 0 Å². The first-order valence-electron chi connectivity index (χ1n) is 12.4. The largest absolute Gasteiger partial charge is 0.508 e. The van der Waals surface area contributed by atoms with E-state index in [1.165, 1.54) is 5.56 Å².